The molecule has 0 spiro atoms. The lowest BCUT2D eigenvalue weighted by atomic mass is 9.97. The SMILES string of the molecule is C=CCN(CC=C)C(CN1CCNCC1)c1ccc(C(C)C)cc1. The summed E-state index contributed by atoms with van der Waals surface area (Å²) in [5.41, 5.74) is 2.79. The van der Waals surface area contributed by atoms with Crippen LogP contribution in [0.4, 0.5) is 0 Å². The van der Waals surface area contributed by atoms with E-state index in [-0.39, 0.29) is 0 Å². The molecular formula is C21H33N3. The summed E-state index contributed by atoms with van der Waals surface area (Å²) in [6, 6.07) is 9.55. The first-order chi connectivity index (χ1) is 11.7. The van der Waals surface area contributed by atoms with Gasteiger partial charge in [0.15, 0.2) is 0 Å². The van der Waals surface area contributed by atoms with Gasteiger partial charge in [-0.25, -0.2) is 0 Å². The zero-order chi connectivity index (χ0) is 17.4. The van der Waals surface area contributed by atoms with Crippen LogP contribution >= 0.6 is 0 Å². The molecule has 0 radical (unpaired) electrons. The summed E-state index contributed by atoms with van der Waals surface area (Å²) < 4.78 is 0. The second-order valence-corrected chi connectivity index (χ2v) is 6.92. The fraction of sp³-hybridized carbons (Fsp3) is 0.524. The Hall–Kier alpha value is -1.42. The van der Waals surface area contributed by atoms with Crippen LogP contribution in [0.5, 0.6) is 0 Å². The van der Waals surface area contributed by atoms with Crippen LogP contribution in [0.25, 0.3) is 0 Å². The number of hydrogen-bond acceptors (Lipinski definition) is 3. The highest BCUT2D eigenvalue weighted by Crippen LogP contribution is 2.25. The quantitative estimate of drug-likeness (QED) is 0.701. The van der Waals surface area contributed by atoms with Crippen LogP contribution in [-0.4, -0.2) is 55.6 Å². The van der Waals surface area contributed by atoms with Crippen LogP contribution in [0, 0.1) is 0 Å². The average Bonchev–Trinajstić information content (AvgIpc) is 2.60. The van der Waals surface area contributed by atoms with Gasteiger partial charge in [0, 0.05) is 51.9 Å². The second kappa shape index (κ2) is 9.77. The summed E-state index contributed by atoms with van der Waals surface area (Å²) in [6.45, 7) is 19.6. The first-order valence-corrected chi connectivity index (χ1v) is 9.14. The maximum Gasteiger partial charge on any atom is 0.0481 e. The number of piperazine rings is 1. The molecule has 2 rings (SSSR count). The molecule has 1 aliphatic rings. The van der Waals surface area contributed by atoms with Crippen molar-refractivity contribution in [1.29, 1.82) is 0 Å². The summed E-state index contributed by atoms with van der Waals surface area (Å²) in [7, 11) is 0. The van der Waals surface area contributed by atoms with Crippen molar-refractivity contribution in [3.05, 3.63) is 60.7 Å². The molecule has 1 saturated heterocycles. The van der Waals surface area contributed by atoms with Gasteiger partial charge in [-0.05, 0) is 17.0 Å². The molecule has 1 atom stereocenters. The lowest BCUT2D eigenvalue weighted by Gasteiger charge is -2.36. The molecule has 1 N–H and O–H groups in total. The molecule has 0 saturated carbocycles. The average molecular weight is 328 g/mol. The van der Waals surface area contributed by atoms with E-state index in [9.17, 15) is 0 Å². The minimum atomic E-state index is 0.375. The van der Waals surface area contributed by atoms with E-state index in [1.165, 1.54) is 11.1 Å². The molecule has 1 aromatic rings. The first-order valence-electron chi connectivity index (χ1n) is 9.14. The van der Waals surface area contributed by atoms with Gasteiger partial charge in [-0.2, -0.15) is 0 Å². The third kappa shape index (κ3) is 5.30. The van der Waals surface area contributed by atoms with E-state index in [4.69, 9.17) is 0 Å². The fourth-order valence-electron chi connectivity index (χ4n) is 3.33. The summed E-state index contributed by atoms with van der Waals surface area (Å²) in [6.07, 6.45) is 3.99. The van der Waals surface area contributed by atoms with Crippen LogP contribution in [0.3, 0.4) is 0 Å². The predicted octanol–water partition coefficient (Wildman–Crippen LogP) is 3.43. The van der Waals surface area contributed by atoms with Gasteiger partial charge < -0.3 is 5.32 Å². The third-order valence-corrected chi connectivity index (χ3v) is 4.80. The molecule has 24 heavy (non-hydrogen) atoms. The predicted molar refractivity (Wildman–Crippen MR) is 105 cm³/mol. The van der Waals surface area contributed by atoms with Crippen LogP contribution in [0.15, 0.2) is 49.6 Å². The van der Waals surface area contributed by atoms with Gasteiger partial charge in [-0.1, -0.05) is 50.3 Å². The maximum atomic E-state index is 3.94. The van der Waals surface area contributed by atoms with Crippen LogP contribution in [-0.2, 0) is 0 Å². The number of benzene rings is 1. The highest BCUT2D eigenvalue weighted by molar-refractivity contribution is 5.27. The molecule has 3 heteroatoms. The van der Waals surface area contributed by atoms with Gasteiger partial charge in [-0.3, -0.25) is 9.80 Å². The van der Waals surface area contributed by atoms with E-state index in [0.29, 0.717) is 12.0 Å². The van der Waals surface area contributed by atoms with Crippen molar-refractivity contribution in [2.24, 2.45) is 0 Å². The van der Waals surface area contributed by atoms with E-state index in [2.05, 4.69) is 66.4 Å². The Bertz CT molecular complexity index is 490. The van der Waals surface area contributed by atoms with E-state index in [1.54, 1.807) is 0 Å². The number of rotatable bonds is 9. The lowest BCUT2D eigenvalue weighted by Crippen LogP contribution is -2.47. The van der Waals surface area contributed by atoms with Crippen molar-refractivity contribution in [3.8, 4) is 0 Å². The van der Waals surface area contributed by atoms with Gasteiger partial charge in [0.1, 0.15) is 0 Å². The molecule has 0 amide bonds. The van der Waals surface area contributed by atoms with E-state index in [0.717, 1.165) is 45.8 Å². The number of nitrogens with one attached hydrogen (secondary N) is 1. The molecule has 1 fully saturated rings. The van der Waals surface area contributed by atoms with Crippen molar-refractivity contribution < 1.29 is 0 Å². The second-order valence-electron chi connectivity index (χ2n) is 6.92. The standard InChI is InChI=1S/C21H33N3/c1-5-13-24(14-6-2)21(17-23-15-11-22-12-16-23)20-9-7-19(8-10-20)18(3)4/h5-10,18,21-22H,1-2,11-17H2,3-4H3. The highest BCUT2D eigenvalue weighted by atomic mass is 15.2. The molecule has 1 aliphatic heterocycles. The molecule has 0 aliphatic carbocycles. The Kier molecular flexibility index (Phi) is 7.70. The number of hydrogen-bond donors (Lipinski definition) is 1. The summed E-state index contributed by atoms with van der Waals surface area (Å²) in [5, 5.41) is 3.44. The van der Waals surface area contributed by atoms with Crippen molar-refractivity contribution >= 4 is 0 Å². The molecular weight excluding hydrogens is 294 g/mol. The van der Waals surface area contributed by atoms with Crippen LogP contribution in [0.1, 0.15) is 36.9 Å². The molecule has 1 aromatic carbocycles. The minimum Gasteiger partial charge on any atom is -0.314 e. The van der Waals surface area contributed by atoms with Crippen molar-refractivity contribution in [1.82, 2.24) is 15.1 Å². The first kappa shape index (κ1) is 18.9. The molecule has 0 aromatic heterocycles. The Balaban J connectivity index is 2.21. The van der Waals surface area contributed by atoms with Crippen molar-refractivity contribution in [2.75, 3.05) is 45.8 Å². The molecule has 1 heterocycles. The highest BCUT2D eigenvalue weighted by Gasteiger charge is 2.23. The van der Waals surface area contributed by atoms with Gasteiger partial charge >= 0.3 is 0 Å². The van der Waals surface area contributed by atoms with Crippen LogP contribution in [0.2, 0.25) is 0 Å². The molecule has 0 bridgehead atoms. The number of nitrogens with zero attached hydrogens (tertiary/aromatic N) is 2. The van der Waals surface area contributed by atoms with Gasteiger partial charge in [0.25, 0.3) is 0 Å². The monoisotopic (exact) mass is 327 g/mol. The summed E-state index contributed by atoms with van der Waals surface area (Å²) in [4.78, 5) is 5.03. The zero-order valence-electron chi connectivity index (χ0n) is 15.4. The summed E-state index contributed by atoms with van der Waals surface area (Å²) in [5.74, 6) is 0.572. The Morgan fingerprint density at radius 1 is 1.04 bits per heavy atom. The van der Waals surface area contributed by atoms with E-state index < -0.39 is 0 Å². The van der Waals surface area contributed by atoms with E-state index in [1.807, 2.05) is 12.2 Å². The minimum absolute atomic E-state index is 0.375. The van der Waals surface area contributed by atoms with Crippen LogP contribution < -0.4 is 5.32 Å². The third-order valence-electron chi connectivity index (χ3n) is 4.80. The van der Waals surface area contributed by atoms with Crippen molar-refractivity contribution in [2.45, 2.75) is 25.8 Å². The molecule has 1 unspecified atom stereocenters. The smallest absolute Gasteiger partial charge is 0.0481 e. The molecule has 132 valence electrons. The van der Waals surface area contributed by atoms with E-state index >= 15 is 0 Å². The molecule has 3 nitrogen and oxygen atoms in total. The van der Waals surface area contributed by atoms with Crippen molar-refractivity contribution in [3.63, 3.8) is 0 Å². The topological polar surface area (TPSA) is 18.5 Å². The largest absolute Gasteiger partial charge is 0.314 e. The maximum absolute atomic E-state index is 3.94. The Morgan fingerprint density at radius 2 is 1.58 bits per heavy atom. The normalized spacial score (nSPS) is 17.2. The zero-order valence-corrected chi connectivity index (χ0v) is 15.4. The van der Waals surface area contributed by atoms with Gasteiger partial charge in [0.2, 0.25) is 0 Å². The summed E-state index contributed by atoms with van der Waals surface area (Å²) >= 11 is 0. The Morgan fingerprint density at radius 3 is 2.08 bits per heavy atom. The lowest BCUT2D eigenvalue weighted by molar-refractivity contribution is 0.149. The Labute approximate surface area is 148 Å². The fourth-order valence-corrected chi connectivity index (χ4v) is 3.33. The van der Waals surface area contributed by atoms with Gasteiger partial charge in [-0.15, -0.1) is 13.2 Å². The van der Waals surface area contributed by atoms with Gasteiger partial charge in [0.05, 0.1) is 0 Å².